The number of alkyl halides is 6. The van der Waals surface area contributed by atoms with Gasteiger partial charge in [0.2, 0.25) is 0 Å². The molecule has 0 fully saturated rings. The van der Waals surface area contributed by atoms with Gasteiger partial charge in [-0.1, -0.05) is 13.8 Å². The number of rotatable bonds is 1. The number of allylic oxidation sites excluding steroid dienone is 8. The van der Waals surface area contributed by atoms with E-state index < -0.39 is 29.0 Å². The molecular weight excluding hydrogens is 456 g/mol. The molecule has 1 aliphatic carbocycles. The molecule has 1 radical (unpaired) electrons. The first kappa shape index (κ1) is 28.9. The summed E-state index contributed by atoms with van der Waals surface area (Å²) >= 11 is 0. The first-order chi connectivity index (χ1) is 12.4. The molecule has 0 atom stereocenters. The summed E-state index contributed by atoms with van der Waals surface area (Å²) < 4.78 is 72.4. The van der Waals surface area contributed by atoms with Crippen LogP contribution in [-0.4, -0.2) is 25.3 Å². The first-order valence-electron chi connectivity index (χ1n) is 7.87. The van der Waals surface area contributed by atoms with Crippen molar-refractivity contribution in [2.45, 2.75) is 40.0 Å². The van der Waals surface area contributed by atoms with Crippen LogP contribution >= 0.6 is 0 Å². The monoisotopic (exact) mass is 475 g/mol. The van der Waals surface area contributed by atoms with Crippen LogP contribution in [0.2, 0.25) is 0 Å². The van der Waals surface area contributed by atoms with Gasteiger partial charge in [0, 0.05) is 0 Å². The van der Waals surface area contributed by atoms with E-state index in [1.165, 1.54) is 11.1 Å². The van der Waals surface area contributed by atoms with Gasteiger partial charge in [-0.15, -0.1) is 13.8 Å². The van der Waals surface area contributed by atoms with Crippen molar-refractivity contribution in [3.63, 3.8) is 0 Å². The van der Waals surface area contributed by atoms with Crippen LogP contribution < -0.4 is 0 Å². The Bertz CT molecular complexity index is 668. The Kier molecular flexibility index (Phi) is 13.5. The maximum atomic E-state index is 12.1. The van der Waals surface area contributed by atoms with E-state index in [1.807, 2.05) is 44.2 Å². The van der Waals surface area contributed by atoms with Crippen LogP contribution in [0.15, 0.2) is 70.9 Å². The molecule has 0 amide bonds. The second-order valence-corrected chi connectivity index (χ2v) is 5.38. The molecule has 149 valence electrons. The van der Waals surface area contributed by atoms with Crippen molar-refractivity contribution in [1.82, 2.24) is 0 Å². The zero-order valence-electron chi connectivity index (χ0n) is 16.0. The van der Waals surface area contributed by atoms with Gasteiger partial charge in [0.05, 0.1) is 0 Å². The molecule has 0 N–H and O–H groups in total. The number of hydrogen-bond donors (Lipinski definition) is 0. The summed E-state index contributed by atoms with van der Waals surface area (Å²) in [5, 5.41) is 0. The minimum atomic E-state index is -5.08. The van der Waals surface area contributed by atoms with E-state index in [2.05, 4.69) is 26.0 Å². The van der Waals surface area contributed by atoms with Crippen molar-refractivity contribution >= 4 is 13.0 Å². The average molecular weight is 476 g/mol. The average Bonchev–Trinajstić information content (AvgIpc) is 3.25. The molecule has 0 unspecified atom stereocenters. The largest absolute Gasteiger partial charge is 2.00 e. The van der Waals surface area contributed by atoms with Crippen LogP contribution in [0.3, 0.4) is 0 Å². The summed E-state index contributed by atoms with van der Waals surface area (Å²) in [7, 11) is 4.80. The van der Waals surface area contributed by atoms with Crippen LogP contribution in [0.4, 0.5) is 26.3 Å². The van der Waals surface area contributed by atoms with E-state index in [0.29, 0.717) is 12.2 Å². The fourth-order valence-electron chi connectivity index (χ4n) is 1.78. The van der Waals surface area contributed by atoms with E-state index in [-0.39, 0.29) is 26.2 Å². The minimum absolute atomic E-state index is 0. The third-order valence-corrected chi connectivity index (χ3v) is 3.53. The van der Waals surface area contributed by atoms with Crippen molar-refractivity contribution in [2.75, 3.05) is 0 Å². The summed E-state index contributed by atoms with van der Waals surface area (Å²) in [5.41, 5.74) is -1.92. The second kappa shape index (κ2) is 13.0. The summed E-state index contributed by atoms with van der Waals surface area (Å²) in [4.78, 5) is 0. The van der Waals surface area contributed by atoms with E-state index in [9.17, 15) is 26.3 Å². The van der Waals surface area contributed by atoms with E-state index in [0.717, 1.165) is 0 Å². The molecule has 0 spiro atoms. The molecule has 0 aliphatic heterocycles. The molecule has 0 saturated heterocycles. The second-order valence-electron chi connectivity index (χ2n) is 5.38. The van der Waals surface area contributed by atoms with Gasteiger partial charge < -0.3 is 0 Å². The Balaban J connectivity index is 0. The van der Waals surface area contributed by atoms with Crippen molar-refractivity contribution in [3.05, 3.63) is 76.9 Å². The Morgan fingerprint density at radius 1 is 1.00 bits per heavy atom. The maximum Gasteiger partial charge on any atom is 2.00 e. The molecular formula is C20H20BF6Zr. The molecule has 8 heteroatoms. The topological polar surface area (TPSA) is 0 Å². The zero-order valence-corrected chi connectivity index (χ0v) is 18.4. The van der Waals surface area contributed by atoms with Gasteiger partial charge in [-0.05, 0) is 0 Å². The van der Waals surface area contributed by atoms with E-state index >= 15 is 0 Å². The van der Waals surface area contributed by atoms with Gasteiger partial charge in [-0.3, -0.25) is 6.08 Å². The van der Waals surface area contributed by atoms with Crippen LogP contribution in [0, 0.1) is 6.08 Å². The van der Waals surface area contributed by atoms with Gasteiger partial charge in [0.25, 0.3) is 0 Å². The van der Waals surface area contributed by atoms with E-state index in [1.54, 1.807) is 0 Å². The minimum Gasteiger partial charge on any atom is -0.214 e. The Hall–Kier alpha value is -1.29. The predicted molar refractivity (Wildman–Crippen MR) is 98.6 cm³/mol. The first-order valence-corrected chi connectivity index (χ1v) is 7.87. The summed E-state index contributed by atoms with van der Waals surface area (Å²) in [6.07, 6.45) is -4.06. The van der Waals surface area contributed by atoms with Crippen LogP contribution in [0.1, 0.15) is 27.7 Å². The van der Waals surface area contributed by atoms with Crippen molar-refractivity contribution in [3.8, 4) is 0 Å². The molecule has 0 bridgehead atoms. The molecule has 1 aromatic carbocycles. The molecule has 0 saturated carbocycles. The number of halogens is 6. The third kappa shape index (κ3) is 10.3. The summed E-state index contributed by atoms with van der Waals surface area (Å²) in [5.74, 6) is 0. The Morgan fingerprint density at radius 3 is 1.71 bits per heavy atom. The van der Waals surface area contributed by atoms with Gasteiger partial charge in [0.15, 0.2) is 0 Å². The fraction of sp³-hybridized carbons (Fsp3) is 0.300. The van der Waals surface area contributed by atoms with Crippen LogP contribution in [0.25, 0.3) is 0 Å². The molecule has 1 aromatic rings. The van der Waals surface area contributed by atoms with Crippen LogP contribution in [0.5, 0.6) is 0 Å². The molecule has 2 rings (SSSR count). The molecule has 0 nitrogen and oxygen atoms in total. The molecule has 1 aliphatic rings. The quantitative estimate of drug-likeness (QED) is 0.189. The van der Waals surface area contributed by atoms with Gasteiger partial charge in [-0.2, -0.15) is 24.3 Å². The maximum absolute atomic E-state index is 12.1. The predicted octanol–water partition coefficient (Wildman–Crippen LogP) is 6.44. The van der Waals surface area contributed by atoms with Gasteiger partial charge in [-0.25, -0.2) is 23.3 Å². The molecule has 0 aromatic heterocycles. The van der Waals surface area contributed by atoms with Crippen molar-refractivity contribution in [2.24, 2.45) is 0 Å². The van der Waals surface area contributed by atoms with Gasteiger partial charge >= 0.3 is 101 Å². The number of hydrogen-bond acceptors (Lipinski definition) is 0. The third-order valence-electron chi connectivity index (χ3n) is 3.53. The summed E-state index contributed by atoms with van der Waals surface area (Å²) in [6.45, 7) is 8.12. The molecule has 0 heterocycles. The zero-order chi connectivity index (χ0) is 21.3. The van der Waals surface area contributed by atoms with E-state index in [4.69, 9.17) is 7.49 Å². The SMILES string of the molecule is C[C-]=C(C)C(C)=CC.[B]=C1C=CC(C(F)(F)F)=C1C(F)(F)F.[Zr+2].c1cc[cH-]c1. The smallest absolute Gasteiger partial charge is 0.214 e. The van der Waals surface area contributed by atoms with Crippen molar-refractivity contribution < 1.29 is 52.5 Å². The summed E-state index contributed by atoms with van der Waals surface area (Å²) in [6, 6.07) is 10.0. The fourth-order valence-corrected chi connectivity index (χ4v) is 1.78. The van der Waals surface area contributed by atoms with Crippen LogP contribution in [-0.2, 0) is 26.2 Å². The molecule has 28 heavy (non-hydrogen) atoms. The van der Waals surface area contributed by atoms with Crippen molar-refractivity contribution in [1.29, 1.82) is 0 Å². The normalized spacial score (nSPS) is 14.7. The standard InChI is InChI=1S/C8H13.C7H2BF6.C5H5.Zr/c1-5-7(3)8(4)6-2;8-4-2-1-3(6(9,10)11)5(4)7(12,13)14;1-2-4-5-3-1;/h5H,1-4H3;1-2H;1-5H;/q-1;;-1;+2. The van der Waals surface area contributed by atoms with Gasteiger partial charge in [0.1, 0.15) is 0 Å². The Labute approximate surface area is 182 Å². The Morgan fingerprint density at radius 2 is 1.50 bits per heavy atom.